The highest BCUT2D eigenvalue weighted by Gasteiger charge is 1.87. The third kappa shape index (κ3) is 16.4. The Labute approximate surface area is 75.0 Å². The second-order valence-corrected chi connectivity index (χ2v) is 2.41. The number of nitrogens with zero attached hydrogens (tertiary/aromatic N) is 1. The van der Waals surface area contributed by atoms with Crippen molar-refractivity contribution in [2.45, 2.75) is 26.7 Å². The predicted molar refractivity (Wildman–Crippen MR) is 49.0 cm³/mol. The fourth-order valence-electron chi connectivity index (χ4n) is 0.431. The first kappa shape index (κ1) is 14.4. The SMILES string of the molecule is CCCC[O].CCN(N)CCO. The summed E-state index contributed by atoms with van der Waals surface area (Å²) in [5.74, 6) is 5.26. The summed E-state index contributed by atoms with van der Waals surface area (Å²) in [6, 6.07) is 0. The monoisotopic (exact) mass is 177 g/mol. The summed E-state index contributed by atoms with van der Waals surface area (Å²) in [5, 5.41) is 19.3. The van der Waals surface area contributed by atoms with Gasteiger partial charge in [0.25, 0.3) is 0 Å². The summed E-state index contributed by atoms with van der Waals surface area (Å²) in [6.07, 6.45) is 1.86. The lowest BCUT2D eigenvalue weighted by Gasteiger charge is -2.09. The molecule has 0 saturated heterocycles. The number of aliphatic hydroxyl groups is 1. The van der Waals surface area contributed by atoms with Crippen LogP contribution in [0, 0.1) is 0 Å². The molecule has 0 aromatic carbocycles. The van der Waals surface area contributed by atoms with Crippen LogP contribution >= 0.6 is 0 Å². The minimum Gasteiger partial charge on any atom is -0.395 e. The van der Waals surface area contributed by atoms with E-state index >= 15 is 0 Å². The number of hydrogen-bond donors (Lipinski definition) is 2. The Morgan fingerprint density at radius 1 is 1.42 bits per heavy atom. The van der Waals surface area contributed by atoms with Crippen molar-refractivity contribution in [3.05, 3.63) is 0 Å². The van der Waals surface area contributed by atoms with Crippen molar-refractivity contribution in [3.63, 3.8) is 0 Å². The molecule has 0 atom stereocenters. The first-order valence-corrected chi connectivity index (χ1v) is 4.41. The Hall–Kier alpha value is -0.160. The molecule has 0 aliphatic rings. The lowest BCUT2D eigenvalue weighted by molar-refractivity contribution is 0.188. The molecule has 0 spiro atoms. The van der Waals surface area contributed by atoms with Gasteiger partial charge in [0.05, 0.1) is 13.2 Å². The molecular weight excluding hydrogens is 156 g/mol. The predicted octanol–water partition coefficient (Wildman–Crippen LogP) is 0.391. The maximum Gasteiger partial charge on any atom is 0.0822 e. The topological polar surface area (TPSA) is 69.4 Å². The van der Waals surface area contributed by atoms with E-state index in [1.807, 2.05) is 13.8 Å². The number of hydrazine groups is 1. The van der Waals surface area contributed by atoms with Gasteiger partial charge in [-0.05, 0) is 6.42 Å². The molecule has 0 heterocycles. The van der Waals surface area contributed by atoms with E-state index in [2.05, 4.69) is 0 Å². The van der Waals surface area contributed by atoms with E-state index in [1.54, 1.807) is 5.01 Å². The normalized spacial score (nSPS) is 9.50. The third-order valence-corrected chi connectivity index (χ3v) is 1.29. The zero-order valence-corrected chi connectivity index (χ0v) is 8.12. The summed E-state index contributed by atoms with van der Waals surface area (Å²) in [4.78, 5) is 0. The quantitative estimate of drug-likeness (QED) is 0.471. The van der Waals surface area contributed by atoms with Crippen LogP contribution in [0.5, 0.6) is 0 Å². The van der Waals surface area contributed by atoms with Gasteiger partial charge < -0.3 is 5.11 Å². The number of aliphatic hydroxyl groups excluding tert-OH is 1. The van der Waals surface area contributed by atoms with Crippen LogP contribution in [0.3, 0.4) is 0 Å². The average molecular weight is 177 g/mol. The highest BCUT2D eigenvalue weighted by molar-refractivity contribution is 4.38. The maximum absolute atomic E-state index is 9.53. The molecule has 1 radical (unpaired) electrons. The van der Waals surface area contributed by atoms with Crippen molar-refractivity contribution < 1.29 is 10.2 Å². The molecule has 75 valence electrons. The Morgan fingerprint density at radius 2 is 2.00 bits per heavy atom. The molecule has 0 fully saturated rings. The molecule has 4 heteroatoms. The summed E-state index contributed by atoms with van der Waals surface area (Å²) in [5.41, 5.74) is 0. The van der Waals surface area contributed by atoms with Gasteiger partial charge in [0.2, 0.25) is 0 Å². The van der Waals surface area contributed by atoms with Crippen LogP contribution < -0.4 is 5.84 Å². The van der Waals surface area contributed by atoms with Crippen molar-refractivity contribution in [2.24, 2.45) is 5.84 Å². The van der Waals surface area contributed by atoms with Crippen molar-refractivity contribution in [1.82, 2.24) is 5.01 Å². The van der Waals surface area contributed by atoms with Crippen LogP contribution in [0.15, 0.2) is 0 Å². The zero-order chi connectivity index (χ0) is 9.82. The van der Waals surface area contributed by atoms with E-state index in [0.29, 0.717) is 6.54 Å². The van der Waals surface area contributed by atoms with Gasteiger partial charge in [-0.1, -0.05) is 20.3 Å². The molecule has 0 saturated carbocycles. The van der Waals surface area contributed by atoms with Crippen LogP contribution in [0.1, 0.15) is 26.7 Å². The van der Waals surface area contributed by atoms with Crippen LogP contribution in [0.4, 0.5) is 0 Å². The lowest BCUT2D eigenvalue weighted by Crippen LogP contribution is -2.33. The molecule has 0 aliphatic heterocycles. The molecule has 3 N–H and O–H groups in total. The summed E-state index contributed by atoms with van der Waals surface area (Å²) >= 11 is 0. The maximum atomic E-state index is 9.53. The zero-order valence-electron chi connectivity index (χ0n) is 8.12. The van der Waals surface area contributed by atoms with Crippen LogP contribution in [-0.4, -0.2) is 36.4 Å². The van der Waals surface area contributed by atoms with Gasteiger partial charge in [-0.15, -0.1) is 0 Å². The summed E-state index contributed by atoms with van der Waals surface area (Å²) < 4.78 is 0. The minimum absolute atomic E-state index is 0.0938. The van der Waals surface area contributed by atoms with E-state index in [0.717, 1.165) is 19.4 Å². The smallest absolute Gasteiger partial charge is 0.0822 e. The Balaban J connectivity index is 0. The second-order valence-electron chi connectivity index (χ2n) is 2.41. The standard InChI is InChI=1S/C4H12N2O.C4H9O/c1-2-6(5)3-4-7;1-2-3-4-5/h7H,2-5H2,1H3;2-4H2,1H3. The average Bonchev–Trinajstić information content (AvgIpc) is 2.07. The van der Waals surface area contributed by atoms with Crippen molar-refractivity contribution >= 4 is 0 Å². The number of unbranched alkanes of at least 4 members (excludes halogenated alkanes) is 1. The first-order valence-electron chi connectivity index (χ1n) is 4.41. The van der Waals surface area contributed by atoms with Gasteiger partial charge in [-0.2, -0.15) is 0 Å². The van der Waals surface area contributed by atoms with Crippen molar-refractivity contribution in [3.8, 4) is 0 Å². The van der Waals surface area contributed by atoms with E-state index in [1.165, 1.54) is 0 Å². The lowest BCUT2D eigenvalue weighted by atomic mass is 10.4. The Morgan fingerprint density at radius 3 is 2.08 bits per heavy atom. The Bertz CT molecular complexity index is 70.1. The minimum atomic E-state index is 0.0938. The summed E-state index contributed by atoms with van der Waals surface area (Å²) in [6.45, 7) is 5.55. The summed E-state index contributed by atoms with van der Waals surface area (Å²) in [7, 11) is 0. The van der Waals surface area contributed by atoms with Crippen LogP contribution in [-0.2, 0) is 5.11 Å². The van der Waals surface area contributed by atoms with Gasteiger partial charge in [0.1, 0.15) is 0 Å². The number of rotatable bonds is 5. The molecule has 0 bridgehead atoms. The van der Waals surface area contributed by atoms with E-state index in [9.17, 15) is 5.11 Å². The molecule has 12 heavy (non-hydrogen) atoms. The number of hydrogen-bond acceptors (Lipinski definition) is 3. The van der Waals surface area contributed by atoms with Crippen molar-refractivity contribution in [2.75, 3.05) is 26.3 Å². The molecule has 0 aromatic heterocycles. The van der Waals surface area contributed by atoms with Crippen LogP contribution in [0.25, 0.3) is 0 Å². The van der Waals surface area contributed by atoms with Gasteiger partial charge in [-0.3, -0.25) is 5.84 Å². The molecule has 0 rings (SSSR count). The van der Waals surface area contributed by atoms with E-state index < -0.39 is 0 Å². The van der Waals surface area contributed by atoms with Gasteiger partial charge in [0.15, 0.2) is 0 Å². The van der Waals surface area contributed by atoms with Crippen molar-refractivity contribution in [1.29, 1.82) is 0 Å². The van der Waals surface area contributed by atoms with Gasteiger partial charge in [0, 0.05) is 13.1 Å². The molecule has 0 aliphatic carbocycles. The highest BCUT2D eigenvalue weighted by Crippen LogP contribution is 1.79. The molecule has 0 amide bonds. The first-order chi connectivity index (χ1) is 5.72. The number of nitrogens with two attached hydrogens (primary N) is 1. The van der Waals surface area contributed by atoms with Gasteiger partial charge >= 0.3 is 0 Å². The van der Waals surface area contributed by atoms with Gasteiger partial charge in [-0.25, -0.2) is 10.1 Å². The van der Waals surface area contributed by atoms with E-state index in [-0.39, 0.29) is 13.2 Å². The fraction of sp³-hybridized carbons (Fsp3) is 1.00. The fourth-order valence-corrected chi connectivity index (χ4v) is 0.431. The number of likely N-dealkylation sites (N-methyl/N-ethyl adjacent to an activating group) is 1. The van der Waals surface area contributed by atoms with Crippen LogP contribution in [0.2, 0.25) is 0 Å². The molecule has 4 nitrogen and oxygen atoms in total. The second kappa shape index (κ2) is 13.4. The Kier molecular flexibility index (Phi) is 16.1. The highest BCUT2D eigenvalue weighted by atomic mass is 16.3. The molecule has 0 aromatic rings. The van der Waals surface area contributed by atoms with E-state index in [4.69, 9.17) is 10.9 Å². The molecular formula is C8H21N2O2. The largest absolute Gasteiger partial charge is 0.395 e. The third-order valence-electron chi connectivity index (χ3n) is 1.29. The molecule has 0 unspecified atom stereocenters.